The second-order valence-corrected chi connectivity index (χ2v) is 6.16. The van der Waals surface area contributed by atoms with Crippen molar-refractivity contribution in [3.05, 3.63) is 35.9 Å². The first-order valence-electron chi connectivity index (χ1n) is 7.69. The van der Waals surface area contributed by atoms with Crippen molar-refractivity contribution in [2.24, 2.45) is 5.92 Å². The van der Waals surface area contributed by atoms with Crippen LogP contribution in [0.3, 0.4) is 0 Å². The van der Waals surface area contributed by atoms with E-state index >= 15 is 0 Å². The third-order valence-corrected chi connectivity index (χ3v) is 4.78. The zero-order valence-electron chi connectivity index (χ0n) is 11.4. The Morgan fingerprint density at radius 3 is 2.50 bits per heavy atom. The first-order valence-corrected chi connectivity index (χ1v) is 7.69. The van der Waals surface area contributed by atoms with E-state index in [9.17, 15) is 0 Å². The fraction of sp³-hybridized carbons (Fsp3) is 0.647. The minimum atomic E-state index is 0.787. The van der Waals surface area contributed by atoms with Crippen LogP contribution in [0.5, 0.6) is 0 Å². The molecule has 2 fully saturated rings. The summed E-state index contributed by atoms with van der Waals surface area (Å²) in [5, 5.41) is 0. The second kappa shape index (κ2) is 5.88. The van der Waals surface area contributed by atoms with Crippen LogP contribution in [0, 0.1) is 5.92 Å². The van der Waals surface area contributed by atoms with Gasteiger partial charge in [-0.05, 0) is 43.2 Å². The van der Waals surface area contributed by atoms with Crippen LogP contribution in [0.1, 0.15) is 50.0 Å². The summed E-state index contributed by atoms with van der Waals surface area (Å²) >= 11 is 0. The minimum Gasteiger partial charge on any atom is -0.302 e. The lowest BCUT2D eigenvalue weighted by Gasteiger charge is -2.26. The van der Waals surface area contributed by atoms with Crippen LogP contribution in [-0.4, -0.2) is 24.5 Å². The highest BCUT2D eigenvalue weighted by molar-refractivity contribution is 5.20. The van der Waals surface area contributed by atoms with Crippen LogP contribution in [0.15, 0.2) is 30.3 Å². The van der Waals surface area contributed by atoms with Gasteiger partial charge in [-0.2, -0.15) is 0 Å². The lowest BCUT2D eigenvalue weighted by molar-refractivity contribution is 0.232. The predicted octanol–water partition coefficient (Wildman–Crippen LogP) is 4.06. The quantitative estimate of drug-likeness (QED) is 0.774. The largest absolute Gasteiger partial charge is 0.302 e. The summed E-state index contributed by atoms with van der Waals surface area (Å²) in [6, 6.07) is 11.1. The van der Waals surface area contributed by atoms with Gasteiger partial charge in [-0.25, -0.2) is 0 Å². The molecular weight excluding hydrogens is 218 g/mol. The third-order valence-electron chi connectivity index (χ3n) is 4.78. The van der Waals surface area contributed by atoms with Crippen molar-refractivity contribution in [3.63, 3.8) is 0 Å². The second-order valence-electron chi connectivity index (χ2n) is 6.16. The van der Waals surface area contributed by atoms with Gasteiger partial charge in [0.1, 0.15) is 0 Å². The molecule has 3 rings (SSSR count). The van der Waals surface area contributed by atoms with Crippen LogP contribution in [0.4, 0.5) is 0 Å². The molecule has 0 bridgehead atoms. The van der Waals surface area contributed by atoms with Gasteiger partial charge in [0.2, 0.25) is 0 Å². The Balaban J connectivity index is 1.52. The Morgan fingerprint density at radius 2 is 1.72 bits per heavy atom. The molecule has 1 aliphatic heterocycles. The molecule has 1 aromatic rings. The number of hydrogen-bond acceptors (Lipinski definition) is 1. The summed E-state index contributed by atoms with van der Waals surface area (Å²) in [5.74, 6) is 1.78. The normalized spacial score (nSPS) is 26.6. The number of hydrogen-bond donors (Lipinski definition) is 0. The van der Waals surface area contributed by atoms with Gasteiger partial charge >= 0.3 is 0 Å². The SMILES string of the molecule is c1ccc([C@@H]2CCN(CC3CCCCC3)C2)cc1. The van der Waals surface area contributed by atoms with Gasteiger partial charge in [0, 0.05) is 13.1 Å². The van der Waals surface area contributed by atoms with Crippen molar-refractivity contribution >= 4 is 0 Å². The molecule has 18 heavy (non-hydrogen) atoms. The molecule has 2 aliphatic rings. The minimum absolute atomic E-state index is 0.787. The summed E-state index contributed by atoms with van der Waals surface area (Å²) in [7, 11) is 0. The zero-order chi connectivity index (χ0) is 12.2. The molecule has 1 saturated carbocycles. The zero-order valence-corrected chi connectivity index (χ0v) is 11.4. The average molecular weight is 243 g/mol. The number of benzene rings is 1. The maximum absolute atomic E-state index is 2.72. The molecule has 0 radical (unpaired) electrons. The Labute approximate surface area is 111 Å². The van der Waals surface area contributed by atoms with E-state index in [0.717, 1.165) is 11.8 Å². The highest BCUT2D eigenvalue weighted by Gasteiger charge is 2.26. The molecule has 1 aliphatic carbocycles. The highest BCUT2D eigenvalue weighted by Crippen LogP contribution is 2.30. The van der Waals surface area contributed by atoms with Crippen LogP contribution in [0.25, 0.3) is 0 Å². The molecule has 1 nitrogen and oxygen atoms in total. The summed E-state index contributed by atoms with van der Waals surface area (Å²) < 4.78 is 0. The molecule has 1 atom stereocenters. The van der Waals surface area contributed by atoms with E-state index in [1.807, 2.05) is 0 Å². The van der Waals surface area contributed by atoms with Gasteiger partial charge in [0.05, 0.1) is 0 Å². The molecule has 0 spiro atoms. The van der Waals surface area contributed by atoms with E-state index < -0.39 is 0 Å². The molecule has 1 heteroatoms. The molecule has 1 heterocycles. The van der Waals surface area contributed by atoms with Crippen molar-refractivity contribution in [2.75, 3.05) is 19.6 Å². The highest BCUT2D eigenvalue weighted by atomic mass is 15.1. The van der Waals surface area contributed by atoms with E-state index in [2.05, 4.69) is 35.2 Å². The number of rotatable bonds is 3. The molecule has 0 unspecified atom stereocenters. The summed E-state index contributed by atoms with van der Waals surface area (Å²) in [6.45, 7) is 3.97. The van der Waals surface area contributed by atoms with Crippen LogP contribution in [-0.2, 0) is 0 Å². The van der Waals surface area contributed by atoms with Crippen molar-refractivity contribution < 1.29 is 0 Å². The molecule has 98 valence electrons. The van der Waals surface area contributed by atoms with E-state index in [0.29, 0.717) is 0 Å². The topological polar surface area (TPSA) is 3.24 Å². The van der Waals surface area contributed by atoms with Gasteiger partial charge in [0.15, 0.2) is 0 Å². The molecule has 0 amide bonds. The average Bonchev–Trinajstić information content (AvgIpc) is 2.89. The maximum atomic E-state index is 2.72. The van der Waals surface area contributed by atoms with Crippen LogP contribution in [0.2, 0.25) is 0 Å². The Kier molecular flexibility index (Phi) is 3.99. The summed E-state index contributed by atoms with van der Waals surface area (Å²) in [4.78, 5) is 2.72. The number of nitrogens with zero attached hydrogens (tertiary/aromatic N) is 1. The van der Waals surface area contributed by atoms with Gasteiger partial charge in [-0.1, -0.05) is 49.6 Å². The molecule has 0 N–H and O–H groups in total. The molecule has 1 saturated heterocycles. The van der Waals surface area contributed by atoms with Gasteiger partial charge in [-0.15, -0.1) is 0 Å². The van der Waals surface area contributed by atoms with Crippen LogP contribution >= 0.6 is 0 Å². The van der Waals surface area contributed by atoms with Gasteiger partial charge < -0.3 is 4.90 Å². The Hall–Kier alpha value is -0.820. The Morgan fingerprint density at radius 1 is 0.944 bits per heavy atom. The predicted molar refractivity (Wildman–Crippen MR) is 76.8 cm³/mol. The summed E-state index contributed by atoms with van der Waals surface area (Å²) in [5.41, 5.74) is 1.55. The fourth-order valence-electron chi connectivity index (χ4n) is 3.73. The van der Waals surface area contributed by atoms with E-state index in [4.69, 9.17) is 0 Å². The van der Waals surface area contributed by atoms with Crippen molar-refractivity contribution in [2.45, 2.75) is 44.4 Å². The van der Waals surface area contributed by atoms with Crippen LogP contribution < -0.4 is 0 Å². The lowest BCUT2D eigenvalue weighted by atomic mass is 9.89. The smallest absolute Gasteiger partial charge is 0.00509 e. The maximum Gasteiger partial charge on any atom is 0.00509 e. The Bertz CT molecular complexity index is 353. The van der Waals surface area contributed by atoms with E-state index in [-0.39, 0.29) is 0 Å². The van der Waals surface area contributed by atoms with Crippen molar-refractivity contribution in [1.82, 2.24) is 4.90 Å². The standard InChI is InChI=1S/C17H25N/c1-3-7-15(8-4-1)13-18-12-11-17(14-18)16-9-5-2-6-10-16/h2,5-6,9-10,15,17H,1,3-4,7-8,11-14H2/t17-/m1/s1. The molecular formula is C17H25N. The van der Waals surface area contributed by atoms with Crippen molar-refractivity contribution in [3.8, 4) is 0 Å². The van der Waals surface area contributed by atoms with Gasteiger partial charge in [0.25, 0.3) is 0 Å². The van der Waals surface area contributed by atoms with E-state index in [1.54, 1.807) is 5.56 Å². The summed E-state index contributed by atoms with van der Waals surface area (Å²) in [6.07, 6.45) is 8.74. The third kappa shape index (κ3) is 2.95. The lowest BCUT2D eigenvalue weighted by Crippen LogP contribution is -2.28. The first-order chi connectivity index (χ1) is 8.92. The molecule has 1 aromatic carbocycles. The first kappa shape index (κ1) is 12.2. The molecule has 0 aromatic heterocycles. The monoisotopic (exact) mass is 243 g/mol. The number of likely N-dealkylation sites (tertiary alicyclic amines) is 1. The van der Waals surface area contributed by atoms with Crippen molar-refractivity contribution in [1.29, 1.82) is 0 Å². The fourth-order valence-corrected chi connectivity index (χ4v) is 3.73. The van der Waals surface area contributed by atoms with E-state index in [1.165, 1.54) is 58.2 Å². The van der Waals surface area contributed by atoms with Gasteiger partial charge in [-0.3, -0.25) is 0 Å².